The van der Waals surface area contributed by atoms with Crippen molar-refractivity contribution >= 4 is 23.6 Å². The molecule has 1 unspecified atom stereocenters. The van der Waals surface area contributed by atoms with E-state index in [9.17, 15) is 19.2 Å². The molecular formula is C59H94N8O8. The third-order valence-electron chi connectivity index (χ3n) is 13.4. The van der Waals surface area contributed by atoms with Gasteiger partial charge in [-0.05, 0) is 85.8 Å². The molecule has 0 radical (unpaired) electrons. The van der Waals surface area contributed by atoms with Crippen LogP contribution in [-0.4, -0.2) is 96.8 Å². The van der Waals surface area contributed by atoms with Crippen LogP contribution in [0, 0.1) is 23.7 Å². The molecule has 0 aliphatic carbocycles. The molecule has 0 fully saturated rings. The highest BCUT2D eigenvalue weighted by atomic mass is 16.5. The Balaban J connectivity index is 0.000000395. The monoisotopic (exact) mass is 1040 g/mol. The molecule has 4 rings (SSSR count). The largest absolute Gasteiger partial charge is 0.496 e. The normalized spacial score (nSPS) is 12.4. The summed E-state index contributed by atoms with van der Waals surface area (Å²) >= 11 is 0. The van der Waals surface area contributed by atoms with Crippen LogP contribution in [0.3, 0.4) is 0 Å². The Kier molecular flexibility index (Phi) is 28.5. The summed E-state index contributed by atoms with van der Waals surface area (Å²) in [6.45, 7) is 23.9. The maximum Gasteiger partial charge on any atom is 0.272 e. The molecule has 2 aromatic heterocycles. The second-order valence-corrected chi connectivity index (χ2v) is 20.6. The number of ether oxygens (including phenoxy) is 4. The number of carbonyl (C=O) groups is 4. The molecule has 3 atom stereocenters. The van der Waals surface area contributed by atoms with Gasteiger partial charge in [-0.1, -0.05) is 126 Å². The minimum Gasteiger partial charge on any atom is -0.496 e. The second kappa shape index (κ2) is 33.8. The molecule has 16 nitrogen and oxygen atoms in total. The highest BCUT2D eigenvalue weighted by Gasteiger charge is 2.27. The molecule has 0 aliphatic heterocycles. The zero-order valence-electron chi connectivity index (χ0n) is 48.2. The Morgan fingerprint density at radius 3 is 1.23 bits per heavy atom. The van der Waals surface area contributed by atoms with Gasteiger partial charge in [0.2, 0.25) is 11.8 Å². The van der Waals surface area contributed by atoms with Crippen LogP contribution in [0.25, 0.3) is 22.5 Å². The summed E-state index contributed by atoms with van der Waals surface area (Å²) in [7, 11) is 6.48. The van der Waals surface area contributed by atoms with Crippen LogP contribution in [0.4, 0.5) is 0 Å². The van der Waals surface area contributed by atoms with Crippen LogP contribution >= 0.6 is 0 Å². The van der Waals surface area contributed by atoms with Crippen molar-refractivity contribution in [2.24, 2.45) is 23.7 Å². The lowest BCUT2D eigenvalue weighted by Gasteiger charge is -2.20. The van der Waals surface area contributed by atoms with Crippen LogP contribution in [-0.2, 0) is 22.7 Å². The Morgan fingerprint density at radius 2 is 0.907 bits per heavy atom. The third-order valence-corrected chi connectivity index (χ3v) is 13.4. The minimum atomic E-state index is -0.289. The number of aromatic nitrogens is 4. The molecule has 75 heavy (non-hydrogen) atoms. The van der Waals surface area contributed by atoms with Gasteiger partial charge in [-0.15, -0.1) is 0 Å². The first-order valence-corrected chi connectivity index (χ1v) is 27.7. The second-order valence-electron chi connectivity index (χ2n) is 20.6. The maximum atomic E-state index is 13.5. The average Bonchev–Trinajstić information content (AvgIpc) is 4.01. The van der Waals surface area contributed by atoms with Crippen molar-refractivity contribution in [2.75, 3.05) is 41.5 Å². The SMILES string of the molecule is CCCCCNC(=O)C[C@H](CC(C)C)NC(=O)c1cc(-c2c(OC)cccc2OC)n(CC(C)CC)n1.CCCCCNC(=O)C[C@H](CC(C)C)NC(=O)c1cc(-c2c(OC)cccc2OC)n(CC(CC)CC)n1. The number of rotatable bonds is 33. The molecule has 4 aromatic rings. The number of nitrogens with zero attached hydrogens (tertiary/aromatic N) is 4. The molecule has 0 saturated heterocycles. The maximum absolute atomic E-state index is 13.5. The smallest absolute Gasteiger partial charge is 0.272 e. The van der Waals surface area contributed by atoms with Gasteiger partial charge in [0.15, 0.2) is 11.4 Å². The Morgan fingerprint density at radius 1 is 0.533 bits per heavy atom. The standard InChI is InChI=1S/C30H48N4O4.C29H46N4O4/c1-8-11-12-16-31-28(35)18-23(17-21(4)5)32-30(36)24-19-25(34(33-24)20-22(9-2)10-3)29-26(37-6)14-13-15-27(29)38-7;1-8-10-11-15-30-27(34)17-22(16-20(3)4)31-29(35)23-18-24(33(32-23)19-21(5)9-2)28-25(36-6)13-12-14-26(28)37-7/h13-15,19,21-23H,8-12,16-18,20H2,1-7H3,(H,31,35)(H,32,36);12-14,18,20-22H,8-11,15-17,19H2,1-7H3,(H,30,34)(H,31,35)/t23-;21?,22-/m00/s1. The number of carbonyl (C=O) groups excluding carboxylic acids is 4. The summed E-state index contributed by atoms with van der Waals surface area (Å²) in [6, 6.07) is 14.3. The molecule has 4 N–H and O–H groups in total. The van der Waals surface area contributed by atoms with Crippen LogP contribution in [0.15, 0.2) is 48.5 Å². The fourth-order valence-corrected chi connectivity index (χ4v) is 9.00. The van der Waals surface area contributed by atoms with Gasteiger partial charge >= 0.3 is 0 Å². The molecule has 418 valence electrons. The van der Waals surface area contributed by atoms with Crippen molar-refractivity contribution in [3.63, 3.8) is 0 Å². The Hall–Kier alpha value is -6.06. The van der Waals surface area contributed by atoms with Gasteiger partial charge in [0.25, 0.3) is 11.8 Å². The lowest BCUT2D eigenvalue weighted by atomic mass is 10.0. The number of amides is 4. The molecule has 4 amide bonds. The van der Waals surface area contributed by atoms with E-state index in [0.717, 1.165) is 80.3 Å². The van der Waals surface area contributed by atoms with Gasteiger partial charge in [-0.2, -0.15) is 10.2 Å². The van der Waals surface area contributed by atoms with Crippen molar-refractivity contribution in [3.05, 3.63) is 59.9 Å². The van der Waals surface area contributed by atoms with Crippen molar-refractivity contribution in [2.45, 2.75) is 178 Å². The van der Waals surface area contributed by atoms with E-state index in [1.165, 1.54) is 0 Å². The Labute approximate surface area is 449 Å². The van der Waals surface area contributed by atoms with Crippen LogP contribution < -0.4 is 40.2 Å². The molecule has 2 aromatic carbocycles. The first kappa shape index (κ1) is 63.2. The van der Waals surface area contributed by atoms with E-state index in [1.807, 2.05) is 45.8 Å². The predicted molar refractivity (Wildman–Crippen MR) is 301 cm³/mol. The van der Waals surface area contributed by atoms with Crippen molar-refractivity contribution in [3.8, 4) is 45.5 Å². The molecular weight excluding hydrogens is 949 g/mol. The predicted octanol–water partition coefficient (Wildman–Crippen LogP) is 11.3. The quantitative estimate of drug-likeness (QED) is 0.0334. The molecule has 2 heterocycles. The highest BCUT2D eigenvalue weighted by molar-refractivity contribution is 5.95. The molecule has 0 saturated carbocycles. The van der Waals surface area contributed by atoms with E-state index >= 15 is 0 Å². The topological polar surface area (TPSA) is 189 Å². The van der Waals surface area contributed by atoms with Crippen molar-refractivity contribution in [1.29, 1.82) is 0 Å². The number of hydrogen-bond acceptors (Lipinski definition) is 10. The summed E-state index contributed by atoms with van der Waals surface area (Å²) in [6.07, 6.45) is 11.2. The van der Waals surface area contributed by atoms with Crippen LogP contribution in [0.1, 0.15) is 174 Å². The molecule has 0 aliphatic rings. The van der Waals surface area contributed by atoms with Crippen LogP contribution in [0.2, 0.25) is 0 Å². The number of methoxy groups -OCH3 is 4. The number of unbranched alkanes of at least 4 members (excludes halogenated alkanes) is 4. The molecule has 16 heteroatoms. The number of nitrogens with one attached hydrogen (secondary N) is 4. The lowest BCUT2D eigenvalue weighted by molar-refractivity contribution is -0.122. The summed E-state index contributed by atoms with van der Waals surface area (Å²) in [5, 5.41) is 21.6. The fraction of sp³-hybridized carbons (Fsp3) is 0.627. The van der Waals surface area contributed by atoms with Crippen molar-refractivity contribution < 1.29 is 38.1 Å². The van der Waals surface area contributed by atoms with Crippen molar-refractivity contribution in [1.82, 2.24) is 40.8 Å². The van der Waals surface area contributed by atoms with E-state index in [2.05, 4.69) is 90.5 Å². The zero-order valence-corrected chi connectivity index (χ0v) is 48.2. The van der Waals surface area contributed by atoms with Gasteiger partial charge in [-0.3, -0.25) is 28.5 Å². The van der Waals surface area contributed by atoms with Gasteiger partial charge < -0.3 is 40.2 Å². The number of benzene rings is 2. The summed E-state index contributed by atoms with van der Waals surface area (Å²) in [5.41, 5.74) is 3.67. The van der Waals surface area contributed by atoms with E-state index in [-0.39, 0.29) is 48.6 Å². The average molecular weight is 1040 g/mol. The summed E-state index contributed by atoms with van der Waals surface area (Å²) in [4.78, 5) is 52.0. The fourth-order valence-electron chi connectivity index (χ4n) is 9.00. The highest BCUT2D eigenvalue weighted by Crippen LogP contribution is 2.40. The molecule has 0 bridgehead atoms. The van der Waals surface area contributed by atoms with Gasteiger partial charge in [0, 0.05) is 51.1 Å². The van der Waals surface area contributed by atoms with E-state index in [4.69, 9.17) is 29.1 Å². The summed E-state index contributed by atoms with van der Waals surface area (Å²) in [5.74, 6) is 3.38. The Bertz CT molecular complexity index is 2290. The third kappa shape index (κ3) is 20.5. The van der Waals surface area contributed by atoms with Gasteiger partial charge in [-0.25, -0.2) is 0 Å². The van der Waals surface area contributed by atoms with E-state index in [1.54, 1.807) is 40.6 Å². The van der Waals surface area contributed by atoms with Crippen LogP contribution in [0.5, 0.6) is 23.0 Å². The van der Waals surface area contributed by atoms with E-state index in [0.29, 0.717) is 97.1 Å². The van der Waals surface area contributed by atoms with Gasteiger partial charge in [0.1, 0.15) is 23.0 Å². The first-order valence-electron chi connectivity index (χ1n) is 27.7. The molecule has 0 spiro atoms. The summed E-state index contributed by atoms with van der Waals surface area (Å²) < 4.78 is 26.3. The van der Waals surface area contributed by atoms with E-state index < -0.39 is 0 Å². The first-order chi connectivity index (χ1) is 36.0. The number of hydrogen-bond donors (Lipinski definition) is 4. The minimum absolute atomic E-state index is 0.0363. The zero-order chi connectivity index (χ0) is 55.5. The van der Waals surface area contributed by atoms with Gasteiger partial charge in [0.05, 0.1) is 51.0 Å². The lowest BCUT2D eigenvalue weighted by Crippen LogP contribution is -2.40.